The molecule has 0 aliphatic heterocycles. The Hall–Kier alpha value is -5.88. The maximum atomic E-state index is 13.8. The number of hydrogen-bond acceptors (Lipinski definition) is 10. The van der Waals surface area contributed by atoms with Gasteiger partial charge in [0.1, 0.15) is 12.4 Å². The molecule has 48 heavy (non-hydrogen) atoms. The van der Waals surface area contributed by atoms with Gasteiger partial charge < -0.3 is 28.5 Å². The van der Waals surface area contributed by atoms with Crippen LogP contribution < -0.4 is 35.6 Å². The number of aryl methyl sites for hydroxylation is 1. The highest BCUT2D eigenvalue weighted by Gasteiger charge is 2.25. The van der Waals surface area contributed by atoms with E-state index in [0.29, 0.717) is 28.6 Å². The van der Waals surface area contributed by atoms with E-state index < -0.39 is 29.2 Å². The van der Waals surface area contributed by atoms with Crippen LogP contribution in [0.1, 0.15) is 28.4 Å². The number of rotatable bonds is 9. The van der Waals surface area contributed by atoms with Gasteiger partial charge in [0.15, 0.2) is 39.7 Å². The van der Waals surface area contributed by atoms with E-state index in [0.717, 1.165) is 27.3 Å². The van der Waals surface area contributed by atoms with Crippen molar-refractivity contribution in [1.29, 1.82) is 0 Å². The van der Waals surface area contributed by atoms with Crippen molar-refractivity contribution in [2.24, 2.45) is 14.1 Å². The van der Waals surface area contributed by atoms with Gasteiger partial charge in [0, 0.05) is 31.6 Å². The molecule has 0 saturated carbocycles. The number of nitrogens with zero attached hydrogens (tertiary/aromatic N) is 3. The molecule has 6 rings (SSSR count). The SMILES string of the molecule is COc1ccc(C(c2cccc(-c3c4oc(CO)cc(=O)c4nc4c3c(=O)n(C)c(=O)n4C)c2)c2ccc(OC)c(OC)c2)cc1OC. The van der Waals surface area contributed by atoms with Crippen LogP contribution in [0, 0.1) is 0 Å². The predicted molar refractivity (Wildman–Crippen MR) is 180 cm³/mol. The van der Waals surface area contributed by atoms with E-state index in [1.54, 1.807) is 34.5 Å². The molecular weight excluding hydrogens is 618 g/mol. The summed E-state index contributed by atoms with van der Waals surface area (Å²) in [7, 11) is 9.12. The molecule has 246 valence electrons. The number of fused-ring (bicyclic) bond motifs is 2. The number of benzene rings is 3. The average molecular weight is 652 g/mol. The molecule has 0 unspecified atom stereocenters. The molecule has 6 aromatic rings. The van der Waals surface area contributed by atoms with Gasteiger partial charge in [-0.25, -0.2) is 9.78 Å². The van der Waals surface area contributed by atoms with E-state index in [1.165, 1.54) is 18.7 Å². The first-order valence-corrected chi connectivity index (χ1v) is 14.9. The zero-order valence-corrected chi connectivity index (χ0v) is 27.2. The lowest BCUT2D eigenvalue weighted by molar-refractivity contribution is 0.249. The monoisotopic (exact) mass is 651 g/mol. The molecule has 12 heteroatoms. The molecular formula is C36H33N3O9. The second kappa shape index (κ2) is 12.7. The number of ether oxygens (including phenoxy) is 4. The second-order valence-electron chi connectivity index (χ2n) is 11.1. The lowest BCUT2D eigenvalue weighted by atomic mass is 9.83. The highest BCUT2D eigenvalue weighted by atomic mass is 16.5. The van der Waals surface area contributed by atoms with Gasteiger partial charge in [0.2, 0.25) is 5.43 Å². The summed E-state index contributed by atoms with van der Waals surface area (Å²) < 4.78 is 30.5. The lowest BCUT2D eigenvalue weighted by Crippen LogP contribution is -2.37. The zero-order chi connectivity index (χ0) is 34.3. The first-order valence-electron chi connectivity index (χ1n) is 14.9. The third-order valence-corrected chi connectivity index (χ3v) is 8.45. The molecule has 0 spiro atoms. The smallest absolute Gasteiger partial charge is 0.332 e. The van der Waals surface area contributed by atoms with Gasteiger partial charge in [0.25, 0.3) is 5.56 Å². The summed E-state index contributed by atoms with van der Waals surface area (Å²) in [5.74, 6) is 1.78. The Morgan fingerprint density at radius 1 is 0.750 bits per heavy atom. The third kappa shape index (κ3) is 5.25. The summed E-state index contributed by atoms with van der Waals surface area (Å²) in [6.07, 6.45) is 0. The van der Waals surface area contributed by atoms with Crippen molar-refractivity contribution < 1.29 is 28.5 Å². The van der Waals surface area contributed by atoms with Crippen molar-refractivity contribution in [2.75, 3.05) is 28.4 Å². The lowest BCUT2D eigenvalue weighted by Gasteiger charge is -2.22. The normalized spacial score (nSPS) is 11.3. The van der Waals surface area contributed by atoms with Crippen LogP contribution in [-0.4, -0.2) is 47.7 Å². The molecule has 0 fully saturated rings. The average Bonchev–Trinajstić information content (AvgIpc) is 3.12. The summed E-state index contributed by atoms with van der Waals surface area (Å²) in [5.41, 5.74) is 1.51. The number of aliphatic hydroxyl groups is 1. The number of aromatic nitrogens is 3. The fraction of sp³-hybridized carbons (Fsp3) is 0.222. The Kier molecular flexibility index (Phi) is 8.50. The summed E-state index contributed by atoms with van der Waals surface area (Å²) >= 11 is 0. The van der Waals surface area contributed by atoms with Crippen molar-refractivity contribution in [3.05, 3.63) is 120 Å². The van der Waals surface area contributed by atoms with Gasteiger partial charge in [-0.1, -0.05) is 36.4 Å². The Bertz CT molecular complexity index is 2340. The first-order chi connectivity index (χ1) is 23.1. The molecule has 0 radical (unpaired) electrons. The maximum Gasteiger partial charge on any atom is 0.332 e. The number of pyridine rings is 1. The van der Waals surface area contributed by atoms with Gasteiger partial charge >= 0.3 is 5.69 Å². The topological polar surface area (TPSA) is 144 Å². The zero-order valence-electron chi connectivity index (χ0n) is 27.2. The predicted octanol–water partition coefficient (Wildman–Crippen LogP) is 4.11. The van der Waals surface area contributed by atoms with Gasteiger partial charge in [-0.15, -0.1) is 0 Å². The van der Waals surface area contributed by atoms with Crippen LogP contribution in [-0.2, 0) is 20.7 Å². The molecule has 0 atom stereocenters. The van der Waals surface area contributed by atoms with Crippen molar-refractivity contribution in [3.63, 3.8) is 0 Å². The third-order valence-electron chi connectivity index (χ3n) is 8.45. The van der Waals surface area contributed by atoms with Gasteiger partial charge in [-0.3, -0.25) is 18.7 Å². The molecule has 0 bridgehead atoms. The van der Waals surface area contributed by atoms with Crippen LogP contribution in [0.2, 0.25) is 0 Å². The van der Waals surface area contributed by atoms with E-state index >= 15 is 0 Å². The van der Waals surface area contributed by atoms with E-state index in [9.17, 15) is 19.5 Å². The van der Waals surface area contributed by atoms with Crippen molar-refractivity contribution in [2.45, 2.75) is 12.5 Å². The van der Waals surface area contributed by atoms with Crippen LogP contribution in [0.5, 0.6) is 23.0 Å². The van der Waals surface area contributed by atoms with E-state index in [-0.39, 0.29) is 33.5 Å². The Labute approximate surface area is 274 Å². The summed E-state index contributed by atoms with van der Waals surface area (Å²) in [6, 6.07) is 19.9. The molecule has 0 aliphatic rings. The number of aliphatic hydroxyl groups excluding tert-OH is 1. The Balaban J connectivity index is 1.71. The van der Waals surface area contributed by atoms with Gasteiger partial charge in [-0.2, -0.15) is 0 Å². The minimum atomic E-state index is -0.615. The fourth-order valence-corrected chi connectivity index (χ4v) is 6.08. The first kappa shape index (κ1) is 32.1. The standard InChI is InChI=1S/C36H33N3O9/c1-38-34-31(35(42)39(2)36(38)43)30(33-32(37-34)24(41)17-23(18-40)48-33)20-9-7-8-19(14-20)29(21-10-12-25(44-3)27(15-21)46-5)22-11-13-26(45-4)28(16-22)47-6/h7-17,29,40H,18H2,1-6H3. The van der Waals surface area contributed by atoms with Crippen molar-refractivity contribution in [3.8, 4) is 34.1 Å². The molecule has 1 N–H and O–H groups in total. The number of hydrogen-bond donors (Lipinski definition) is 1. The quantitative estimate of drug-likeness (QED) is 0.179. The van der Waals surface area contributed by atoms with E-state index in [1.807, 2.05) is 54.6 Å². The Morgan fingerprint density at radius 3 is 1.90 bits per heavy atom. The van der Waals surface area contributed by atoms with Crippen LogP contribution >= 0.6 is 0 Å². The minimum absolute atomic E-state index is 0.00114. The number of methoxy groups -OCH3 is 4. The van der Waals surface area contributed by atoms with E-state index in [2.05, 4.69) is 4.98 Å². The summed E-state index contributed by atoms with van der Waals surface area (Å²) in [4.78, 5) is 44.4. The van der Waals surface area contributed by atoms with Gasteiger partial charge in [-0.05, 0) is 46.5 Å². The molecule has 3 aromatic heterocycles. The van der Waals surface area contributed by atoms with Crippen LogP contribution in [0.4, 0.5) is 0 Å². The van der Waals surface area contributed by atoms with Crippen molar-refractivity contribution in [1.82, 2.24) is 14.1 Å². The molecule has 12 nitrogen and oxygen atoms in total. The van der Waals surface area contributed by atoms with Crippen LogP contribution in [0.25, 0.3) is 33.3 Å². The molecule has 3 heterocycles. The Morgan fingerprint density at radius 2 is 1.33 bits per heavy atom. The van der Waals surface area contributed by atoms with E-state index in [4.69, 9.17) is 23.4 Å². The van der Waals surface area contributed by atoms with Crippen LogP contribution in [0.3, 0.4) is 0 Å². The highest BCUT2D eigenvalue weighted by Crippen LogP contribution is 2.42. The molecule has 0 aliphatic carbocycles. The van der Waals surface area contributed by atoms with Gasteiger partial charge in [0.05, 0.1) is 33.8 Å². The fourth-order valence-electron chi connectivity index (χ4n) is 6.08. The maximum absolute atomic E-state index is 13.8. The summed E-state index contributed by atoms with van der Waals surface area (Å²) in [5, 5.41) is 9.98. The van der Waals surface area contributed by atoms with Crippen molar-refractivity contribution >= 4 is 22.1 Å². The minimum Gasteiger partial charge on any atom is -0.493 e. The molecule has 0 amide bonds. The molecule has 0 saturated heterocycles. The summed E-state index contributed by atoms with van der Waals surface area (Å²) in [6.45, 7) is -0.547. The largest absolute Gasteiger partial charge is 0.493 e. The molecule has 3 aromatic carbocycles. The van der Waals surface area contributed by atoms with Crippen LogP contribution in [0.15, 0.2) is 85.5 Å². The second-order valence-corrected chi connectivity index (χ2v) is 11.1. The highest BCUT2D eigenvalue weighted by molar-refractivity contribution is 6.05.